The van der Waals surface area contributed by atoms with Gasteiger partial charge in [-0.1, -0.05) is 12.1 Å². The number of hydrogen-bond donors (Lipinski definition) is 2. The number of anilines is 2. The van der Waals surface area contributed by atoms with Crippen LogP contribution in [0.15, 0.2) is 36.5 Å². The summed E-state index contributed by atoms with van der Waals surface area (Å²) in [6.07, 6.45) is 1.08. The molecule has 0 spiro atoms. The van der Waals surface area contributed by atoms with Gasteiger partial charge in [-0.2, -0.15) is 0 Å². The Morgan fingerprint density at radius 1 is 1.40 bits per heavy atom. The van der Waals surface area contributed by atoms with Gasteiger partial charge in [-0.25, -0.2) is 9.78 Å². The Labute approximate surface area is 114 Å². The molecule has 1 aromatic carbocycles. The molecule has 0 saturated carbocycles. The van der Waals surface area contributed by atoms with E-state index >= 15 is 0 Å². The number of carboxylic acids is 1. The van der Waals surface area contributed by atoms with Crippen LogP contribution in [-0.2, 0) is 0 Å². The lowest BCUT2D eigenvalue weighted by Gasteiger charge is -2.07. The molecule has 0 fully saturated rings. The summed E-state index contributed by atoms with van der Waals surface area (Å²) in [5.41, 5.74) is 1.02. The van der Waals surface area contributed by atoms with Gasteiger partial charge < -0.3 is 10.4 Å². The molecule has 20 heavy (non-hydrogen) atoms. The number of nitrogens with one attached hydrogen (secondary N) is 1. The second-order valence-electron chi connectivity index (χ2n) is 4.15. The second kappa shape index (κ2) is 5.35. The van der Waals surface area contributed by atoms with Crippen molar-refractivity contribution in [1.82, 2.24) is 4.98 Å². The Morgan fingerprint density at radius 2 is 2.15 bits per heavy atom. The fourth-order valence-corrected chi connectivity index (χ4v) is 1.67. The highest BCUT2D eigenvalue weighted by Crippen LogP contribution is 2.26. The Bertz CT molecular complexity index is 685. The van der Waals surface area contributed by atoms with Crippen LogP contribution in [0.3, 0.4) is 0 Å². The average Bonchev–Trinajstić information content (AvgIpc) is 2.38. The predicted octanol–water partition coefficient (Wildman–Crippen LogP) is 2.74. The first-order valence-electron chi connectivity index (χ1n) is 5.69. The zero-order valence-electron chi connectivity index (χ0n) is 10.5. The average molecular weight is 273 g/mol. The molecule has 2 aromatic rings. The zero-order valence-corrected chi connectivity index (χ0v) is 10.5. The maximum absolute atomic E-state index is 11.0. The van der Waals surface area contributed by atoms with Crippen molar-refractivity contribution in [2.24, 2.45) is 0 Å². The van der Waals surface area contributed by atoms with E-state index in [9.17, 15) is 14.9 Å². The first kappa shape index (κ1) is 13.5. The third-order valence-corrected chi connectivity index (χ3v) is 2.59. The molecule has 0 aliphatic carbocycles. The lowest BCUT2D eigenvalue weighted by atomic mass is 10.2. The Morgan fingerprint density at radius 3 is 2.75 bits per heavy atom. The molecule has 2 N–H and O–H groups in total. The van der Waals surface area contributed by atoms with Crippen LogP contribution in [-0.4, -0.2) is 21.0 Å². The molecule has 2 rings (SSSR count). The summed E-state index contributed by atoms with van der Waals surface area (Å²) in [6, 6.07) is 8.21. The highest BCUT2D eigenvalue weighted by molar-refractivity contribution is 5.89. The van der Waals surface area contributed by atoms with Gasteiger partial charge in [-0.3, -0.25) is 10.1 Å². The molecule has 1 aromatic heterocycles. The van der Waals surface area contributed by atoms with Crippen LogP contribution in [0, 0.1) is 17.0 Å². The number of pyridine rings is 1. The quantitative estimate of drug-likeness (QED) is 0.655. The van der Waals surface area contributed by atoms with Gasteiger partial charge in [0.1, 0.15) is 0 Å². The van der Waals surface area contributed by atoms with E-state index in [0.717, 1.165) is 17.8 Å². The summed E-state index contributed by atoms with van der Waals surface area (Å²) in [7, 11) is 0. The molecule has 0 aliphatic heterocycles. The lowest BCUT2D eigenvalue weighted by Crippen LogP contribution is -2.04. The van der Waals surface area contributed by atoms with Crippen LogP contribution in [0.25, 0.3) is 0 Å². The van der Waals surface area contributed by atoms with E-state index < -0.39 is 10.9 Å². The van der Waals surface area contributed by atoms with Crippen molar-refractivity contribution in [2.75, 3.05) is 5.32 Å². The highest BCUT2D eigenvalue weighted by atomic mass is 16.6. The molecular weight excluding hydrogens is 262 g/mol. The van der Waals surface area contributed by atoms with E-state index in [1.165, 1.54) is 0 Å². The summed E-state index contributed by atoms with van der Waals surface area (Å²) >= 11 is 0. The molecule has 0 atom stereocenters. The number of aromatic nitrogens is 1. The third kappa shape index (κ3) is 2.89. The van der Waals surface area contributed by atoms with Crippen LogP contribution in [0.2, 0.25) is 0 Å². The summed E-state index contributed by atoms with van der Waals surface area (Å²) in [4.78, 5) is 24.9. The van der Waals surface area contributed by atoms with Gasteiger partial charge in [0.15, 0.2) is 0 Å². The topological polar surface area (TPSA) is 105 Å². The number of carboxylic acid groups (broad SMARTS) is 1. The van der Waals surface area contributed by atoms with Gasteiger partial charge in [0.2, 0.25) is 5.82 Å². The molecule has 0 amide bonds. The molecule has 0 bridgehead atoms. The van der Waals surface area contributed by atoms with E-state index in [0.29, 0.717) is 5.69 Å². The summed E-state index contributed by atoms with van der Waals surface area (Å²) in [6.45, 7) is 1.89. The van der Waals surface area contributed by atoms with E-state index in [-0.39, 0.29) is 17.1 Å². The van der Waals surface area contributed by atoms with Crippen molar-refractivity contribution in [3.8, 4) is 0 Å². The predicted molar refractivity (Wildman–Crippen MR) is 72.3 cm³/mol. The molecule has 0 aliphatic rings. The minimum Gasteiger partial charge on any atom is -0.478 e. The standard InChI is InChI=1S/C13H11N3O4/c1-8-3-2-4-10(5-8)15-12-11(16(19)20)6-9(7-14-12)13(17)18/h2-7H,1H3,(H,14,15)(H,17,18). The van der Waals surface area contributed by atoms with Gasteiger partial charge in [0, 0.05) is 18.0 Å². The van der Waals surface area contributed by atoms with Crippen LogP contribution in [0.4, 0.5) is 17.2 Å². The Hall–Kier alpha value is -2.96. The van der Waals surface area contributed by atoms with E-state index in [1.807, 2.05) is 13.0 Å². The normalized spacial score (nSPS) is 10.1. The van der Waals surface area contributed by atoms with Crippen LogP contribution in [0.1, 0.15) is 15.9 Å². The lowest BCUT2D eigenvalue weighted by molar-refractivity contribution is -0.384. The summed E-state index contributed by atoms with van der Waals surface area (Å²) in [5.74, 6) is -1.26. The maximum atomic E-state index is 11.0. The molecule has 0 saturated heterocycles. The minimum absolute atomic E-state index is 0.00519. The van der Waals surface area contributed by atoms with Gasteiger partial charge in [-0.05, 0) is 24.6 Å². The first-order valence-corrected chi connectivity index (χ1v) is 5.69. The molecular formula is C13H11N3O4. The van der Waals surface area contributed by atoms with Crippen molar-refractivity contribution >= 4 is 23.2 Å². The Balaban J connectivity index is 2.41. The number of carbonyl (C=O) groups is 1. The maximum Gasteiger partial charge on any atom is 0.337 e. The minimum atomic E-state index is -1.26. The monoisotopic (exact) mass is 273 g/mol. The first-order chi connectivity index (χ1) is 9.47. The number of hydrogen-bond acceptors (Lipinski definition) is 5. The van der Waals surface area contributed by atoms with E-state index in [2.05, 4.69) is 10.3 Å². The fourth-order valence-electron chi connectivity index (χ4n) is 1.67. The van der Waals surface area contributed by atoms with Crippen molar-refractivity contribution in [3.63, 3.8) is 0 Å². The molecule has 102 valence electrons. The number of rotatable bonds is 4. The third-order valence-electron chi connectivity index (χ3n) is 2.59. The number of nitro groups is 1. The van der Waals surface area contributed by atoms with Crippen molar-refractivity contribution in [2.45, 2.75) is 6.92 Å². The van der Waals surface area contributed by atoms with Crippen LogP contribution in [0.5, 0.6) is 0 Å². The molecule has 7 heteroatoms. The Kier molecular flexibility index (Phi) is 3.60. The molecule has 0 radical (unpaired) electrons. The van der Waals surface area contributed by atoms with Gasteiger partial charge >= 0.3 is 11.7 Å². The van der Waals surface area contributed by atoms with Crippen molar-refractivity contribution in [1.29, 1.82) is 0 Å². The SMILES string of the molecule is Cc1cccc(Nc2ncc(C(=O)O)cc2[N+](=O)[O-])c1. The highest BCUT2D eigenvalue weighted by Gasteiger charge is 2.19. The smallest absolute Gasteiger partial charge is 0.337 e. The molecule has 1 heterocycles. The summed E-state index contributed by atoms with van der Waals surface area (Å²) in [5, 5.41) is 22.6. The van der Waals surface area contributed by atoms with Crippen molar-refractivity contribution < 1.29 is 14.8 Å². The van der Waals surface area contributed by atoms with Crippen molar-refractivity contribution in [3.05, 3.63) is 57.8 Å². The van der Waals surface area contributed by atoms with E-state index in [1.54, 1.807) is 18.2 Å². The number of benzene rings is 1. The molecule has 0 unspecified atom stereocenters. The zero-order chi connectivity index (χ0) is 14.7. The van der Waals surface area contributed by atoms with Crippen LogP contribution < -0.4 is 5.32 Å². The largest absolute Gasteiger partial charge is 0.478 e. The number of nitrogens with zero attached hydrogens (tertiary/aromatic N) is 2. The number of aryl methyl sites for hydroxylation is 1. The molecule has 7 nitrogen and oxygen atoms in total. The number of aromatic carboxylic acids is 1. The summed E-state index contributed by atoms with van der Waals surface area (Å²) < 4.78 is 0. The second-order valence-corrected chi connectivity index (χ2v) is 4.15. The van der Waals surface area contributed by atoms with Gasteiger partial charge in [0.25, 0.3) is 0 Å². The van der Waals surface area contributed by atoms with Gasteiger partial charge in [-0.15, -0.1) is 0 Å². The van der Waals surface area contributed by atoms with Crippen LogP contribution >= 0.6 is 0 Å². The van der Waals surface area contributed by atoms with E-state index in [4.69, 9.17) is 5.11 Å². The fraction of sp³-hybridized carbons (Fsp3) is 0.0769. The van der Waals surface area contributed by atoms with Gasteiger partial charge in [0.05, 0.1) is 10.5 Å².